The van der Waals surface area contributed by atoms with Crippen LogP contribution in [0.4, 0.5) is 0 Å². The summed E-state index contributed by atoms with van der Waals surface area (Å²) in [5.41, 5.74) is 6.99. The molecule has 5 nitrogen and oxygen atoms in total. The number of rotatable bonds is 4. The molecule has 1 aliphatic rings. The second-order valence-electron chi connectivity index (χ2n) is 4.35. The summed E-state index contributed by atoms with van der Waals surface area (Å²) in [6.45, 7) is 3.40. The molecular formula is C11H19N3O2. The summed E-state index contributed by atoms with van der Waals surface area (Å²) in [5.74, 6) is 0. The summed E-state index contributed by atoms with van der Waals surface area (Å²) in [4.78, 5) is 0. The Labute approximate surface area is 95.5 Å². The zero-order valence-electron chi connectivity index (χ0n) is 9.80. The van der Waals surface area contributed by atoms with Crippen molar-refractivity contribution in [1.82, 2.24) is 9.78 Å². The van der Waals surface area contributed by atoms with Gasteiger partial charge in [0.15, 0.2) is 0 Å². The van der Waals surface area contributed by atoms with Crippen molar-refractivity contribution >= 4 is 0 Å². The maximum absolute atomic E-state index is 5.97. The van der Waals surface area contributed by atoms with Gasteiger partial charge in [-0.25, -0.2) is 0 Å². The second kappa shape index (κ2) is 4.95. The average molecular weight is 225 g/mol. The number of nitrogens with zero attached hydrogens (tertiary/aromatic N) is 2. The summed E-state index contributed by atoms with van der Waals surface area (Å²) in [7, 11) is 1.89. The SMILES string of the molecule is CC(N)C(OC1CCOC1)c1cnn(C)c1. The number of aromatic nitrogens is 2. The van der Waals surface area contributed by atoms with Gasteiger partial charge in [-0.05, 0) is 13.3 Å². The van der Waals surface area contributed by atoms with Gasteiger partial charge in [-0.3, -0.25) is 4.68 Å². The molecule has 1 aliphatic heterocycles. The molecule has 2 rings (SSSR count). The molecule has 0 spiro atoms. The number of ether oxygens (including phenoxy) is 2. The third kappa shape index (κ3) is 2.61. The van der Waals surface area contributed by atoms with Crippen LogP contribution in [0.15, 0.2) is 12.4 Å². The van der Waals surface area contributed by atoms with Crippen LogP contribution >= 0.6 is 0 Å². The van der Waals surface area contributed by atoms with Crippen molar-refractivity contribution < 1.29 is 9.47 Å². The first-order valence-corrected chi connectivity index (χ1v) is 5.64. The molecule has 2 heterocycles. The lowest BCUT2D eigenvalue weighted by Gasteiger charge is -2.23. The van der Waals surface area contributed by atoms with E-state index in [2.05, 4.69) is 5.10 Å². The minimum absolute atomic E-state index is 0.0511. The van der Waals surface area contributed by atoms with Gasteiger partial charge in [-0.2, -0.15) is 5.10 Å². The third-order valence-corrected chi connectivity index (χ3v) is 2.76. The number of hydrogen-bond donors (Lipinski definition) is 1. The molecule has 2 N–H and O–H groups in total. The molecule has 1 fully saturated rings. The van der Waals surface area contributed by atoms with Crippen LogP contribution in [-0.4, -0.2) is 35.1 Å². The van der Waals surface area contributed by atoms with Gasteiger partial charge in [0, 0.05) is 31.5 Å². The lowest BCUT2D eigenvalue weighted by atomic mass is 10.1. The van der Waals surface area contributed by atoms with Crippen molar-refractivity contribution in [3.05, 3.63) is 18.0 Å². The van der Waals surface area contributed by atoms with Crippen molar-refractivity contribution in [2.24, 2.45) is 12.8 Å². The summed E-state index contributed by atoms with van der Waals surface area (Å²) >= 11 is 0. The largest absolute Gasteiger partial charge is 0.379 e. The van der Waals surface area contributed by atoms with Gasteiger partial charge in [0.1, 0.15) is 6.10 Å². The lowest BCUT2D eigenvalue weighted by molar-refractivity contribution is -0.0269. The molecule has 0 bridgehead atoms. The first-order chi connectivity index (χ1) is 7.66. The standard InChI is InChI=1S/C11H19N3O2/c1-8(12)11(9-5-13-14(2)6-9)16-10-3-4-15-7-10/h5-6,8,10-11H,3-4,7,12H2,1-2H3. The third-order valence-electron chi connectivity index (χ3n) is 2.76. The molecule has 1 aromatic heterocycles. The van der Waals surface area contributed by atoms with Crippen molar-refractivity contribution in [2.45, 2.75) is 31.6 Å². The van der Waals surface area contributed by atoms with Gasteiger partial charge in [0.25, 0.3) is 0 Å². The minimum Gasteiger partial charge on any atom is -0.379 e. The number of aryl methyl sites for hydroxylation is 1. The smallest absolute Gasteiger partial charge is 0.101 e. The predicted octanol–water partition coefficient (Wildman–Crippen LogP) is 0.614. The quantitative estimate of drug-likeness (QED) is 0.815. The molecule has 90 valence electrons. The Hall–Kier alpha value is -0.910. The van der Waals surface area contributed by atoms with E-state index in [1.165, 1.54) is 0 Å². The van der Waals surface area contributed by atoms with Crippen molar-refractivity contribution in [2.75, 3.05) is 13.2 Å². The summed E-state index contributed by atoms with van der Waals surface area (Å²) in [6.07, 6.45) is 4.77. The Morgan fingerprint density at radius 2 is 2.50 bits per heavy atom. The highest BCUT2D eigenvalue weighted by molar-refractivity contribution is 5.10. The van der Waals surface area contributed by atoms with Crippen LogP contribution in [0.5, 0.6) is 0 Å². The Balaban J connectivity index is 2.04. The Morgan fingerprint density at radius 1 is 1.69 bits per heavy atom. The molecule has 3 unspecified atom stereocenters. The second-order valence-corrected chi connectivity index (χ2v) is 4.35. The van der Waals surface area contributed by atoms with E-state index in [1.54, 1.807) is 4.68 Å². The molecule has 16 heavy (non-hydrogen) atoms. The molecular weight excluding hydrogens is 206 g/mol. The number of nitrogens with two attached hydrogens (primary N) is 1. The molecule has 0 saturated carbocycles. The van der Waals surface area contributed by atoms with E-state index < -0.39 is 0 Å². The molecule has 0 amide bonds. The summed E-state index contributed by atoms with van der Waals surface area (Å²) in [6, 6.07) is -0.0511. The highest BCUT2D eigenvalue weighted by Gasteiger charge is 2.25. The van der Waals surface area contributed by atoms with Gasteiger partial charge < -0.3 is 15.2 Å². The van der Waals surface area contributed by atoms with E-state index in [0.29, 0.717) is 6.61 Å². The van der Waals surface area contributed by atoms with Crippen LogP contribution in [0.25, 0.3) is 0 Å². The molecule has 3 atom stereocenters. The topological polar surface area (TPSA) is 62.3 Å². The van der Waals surface area contributed by atoms with Gasteiger partial charge in [-0.1, -0.05) is 0 Å². The van der Waals surface area contributed by atoms with Gasteiger partial charge in [0.2, 0.25) is 0 Å². The van der Waals surface area contributed by atoms with Crippen LogP contribution in [0.2, 0.25) is 0 Å². The molecule has 1 aromatic rings. The molecule has 0 radical (unpaired) electrons. The van der Waals surface area contributed by atoms with Crippen LogP contribution < -0.4 is 5.73 Å². The molecule has 0 aromatic carbocycles. The van der Waals surface area contributed by atoms with Crippen molar-refractivity contribution in [3.8, 4) is 0 Å². The molecule has 0 aliphatic carbocycles. The Bertz CT molecular complexity index is 332. The molecule has 1 saturated heterocycles. The van der Waals surface area contributed by atoms with Crippen LogP contribution in [0.3, 0.4) is 0 Å². The monoisotopic (exact) mass is 225 g/mol. The van der Waals surface area contributed by atoms with Gasteiger partial charge in [0.05, 0.1) is 18.9 Å². The first kappa shape index (κ1) is 11.6. The Morgan fingerprint density at radius 3 is 3.00 bits per heavy atom. The van der Waals surface area contributed by atoms with E-state index >= 15 is 0 Å². The zero-order chi connectivity index (χ0) is 11.5. The highest BCUT2D eigenvalue weighted by Crippen LogP contribution is 2.24. The maximum atomic E-state index is 5.97. The van der Waals surface area contributed by atoms with Crippen LogP contribution in [-0.2, 0) is 16.5 Å². The fourth-order valence-electron chi connectivity index (χ4n) is 1.92. The fraction of sp³-hybridized carbons (Fsp3) is 0.727. The van der Waals surface area contributed by atoms with Crippen LogP contribution in [0, 0.1) is 0 Å². The highest BCUT2D eigenvalue weighted by atomic mass is 16.6. The summed E-state index contributed by atoms with van der Waals surface area (Å²) < 4.78 is 13.0. The predicted molar refractivity (Wildman–Crippen MR) is 59.9 cm³/mol. The normalized spacial score (nSPS) is 24.6. The maximum Gasteiger partial charge on any atom is 0.101 e. The Kier molecular flexibility index (Phi) is 3.58. The minimum atomic E-state index is -0.0969. The number of hydrogen-bond acceptors (Lipinski definition) is 4. The van der Waals surface area contributed by atoms with Crippen molar-refractivity contribution in [3.63, 3.8) is 0 Å². The fourth-order valence-corrected chi connectivity index (χ4v) is 1.92. The van der Waals surface area contributed by atoms with Crippen LogP contribution in [0.1, 0.15) is 25.0 Å². The average Bonchev–Trinajstić information content (AvgIpc) is 2.84. The lowest BCUT2D eigenvalue weighted by Crippen LogP contribution is -2.30. The van der Waals surface area contributed by atoms with E-state index in [4.69, 9.17) is 15.2 Å². The van der Waals surface area contributed by atoms with Gasteiger partial charge in [-0.15, -0.1) is 0 Å². The zero-order valence-corrected chi connectivity index (χ0v) is 9.80. The van der Waals surface area contributed by atoms with Gasteiger partial charge >= 0.3 is 0 Å². The van der Waals surface area contributed by atoms with E-state index in [0.717, 1.165) is 18.6 Å². The summed E-state index contributed by atoms with van der Waals surface area (Å²) in [5, 5.41) is 4.14. The molecule has 5 heteroatoms. The van der Waals surface area contributed by atoms with Crippen molar-refractivity contribution in [1.29, 1.82) is 0 Å². The van der Waals surface area contributed by atoms with E-state index in [1.807, 2.05) is 26.4 Å². The van der Waals surface area contributed by atoms with E-state index in [9.17, 15) is 0 Å². The van der Waals surface area contributed by atoms with E-state index in [-0.39, 0.29) is 18.2 Å². The first-order valence-electron chi connectivity index (χ1n) is 5.64.